The minimum atomic E-state index is -3.40. The molecule has 148 valence electrons. The van der Waals surface area contributed by atoms with Gasteiger partial charge in [0.1, 0.15) is 11.6 Å². The van der Waals surface area contributed by atoms with Gasteiger partial charge in [-0.15, -0.1) is 0 Å². The summed E-state index contributed by atoms with van der Waals surface area (Å²) in [6.07, 6.45) is -1.44. The summed E-state index contributed by atoms with van der Waals surface area (Å²) in [5.41, 5.74) is 1.16. The highest BCUT2D eigenvalue weighted by Gasteiger charge is 2.45. The summed E-state index contributed by atoms with van der Waals surface area (Å²) in [5, 5.41) is 11.5. The summed E-state index contributed by atoms with van der Waals surface area (Å²) in [7, 11) is 0. The molecule has 2 heterocycles. The third kappa shape index (κ3) is 3.22. The number of aliphatic hydroxyl groups is 1. The first-order valence-electron chi connectivity index (χ1n) is 8.98. The number of aromatic nitrogens is 1. The average Bonchev–Trinajstić information content (AvgIpc) is 2.91. The van der Waals surface area contributed by atoms with Gasteiger partial charge in [-0.3, -0.25) is 4.79 Å². The third-order valence-electron chi connectivity index (χ3n) is 5.13. The lowest BCUT2D eigenvalue weighted by molar-refractivity contribution is -0.165. The maximum Gasteiger partial charge on any atom is 0.324 e. The number of alkyl halides is 2. The number of fused-ring (bicyclic) bond motifs is 3. The lowest BCUT2D eigenvalue weighted by Crippen LogP contribution is -2.51. The standard InChI is InChI=1S/C20H18F4N2O2/c21-12-2-4-17-15(8-12)16-9-13(22)3-5-18(16)26(17)11-14(27)10-25-7-1-6-20(23,24)19(25)28/h2-5,8-9,14,27H,1,6-7,10-11H2. The first-order valence-corrected chi connectivity index (χ1v) is 8.98. The summed E-state index contributed by atoms with van der Waals surface area (Å²) in [6, 6.07) is 8.14. The summed E-state index contributed by atoms with van der Waals surface area (Å²) in [6.45, 7) is -0.0837. The van der Waals surface area contributed by atoms with Gasteiger partial charge in [-0.25, -0.2) is 8.78 Å². The van der Waals surface area contributed by atoms with Crippen molar-refractivity contribution in [2.24, 2.45) is 0 Å². The van der Waals surface area contributed by atoms with E-state index in [1.54, 1.807) is 4.57 Å². The molecule has 8 heteroatoms. The first-order chi connectivity index (χ1) is 13.3. The summed E-state index contributed by atoms with van der Waals surface area (Å²) < 4.78 is 56.3. The minimum absolute atomic E-state index is 0.00733. The molecule has 0 aliphatic carbocycles. The second kappa shape index (κ2) is 6.77. The van der Waals surface area contributed by atoms with Crippen LogP contribution < -0.4 is 0 Å². The monoisotopic (exact) mass is 394 g/mol. The molecule has 28 heavy (non-hydrogen) atoms. The Morgan fingerprint density at radius 2 is 1.57 bits per heavy atom. The maximum absolute atomic E-state index is 13.7. The summed E-state index contributed by atoms with van der Waals surface area (Å²) >= 11 is 0. The van der Waals surface area contributed by atoms with Crippen LogP contribution in [0.5, 0.6) is 0 Å². The summed E-state index contributed by atoms with van der Waals surface area (Å²) in [4.78, 5) is 12.8. The van der Waals surface area contributed by atoms with Crippen LogP contribution in [0, 0.1) is 11.6 Å². The third-order valence-corrected chi connectivity index (χ3v) is 5.13. The van der Waals surface area contributed by atoms with Crippen molar-refractivity contribution in [3.05, 3.63) is 48.0 Å². The van der Waals surface area contributed by atoms with Gasteiger partial charge in [0.05, 0.1) is 12.6 Å². The number of halogens is 4. The van der Waals surface area contributed by atoms with E-state index in [4.69, 9.17) is 0 Å². The van der Waals surface area contributed by atoms with Crippen molar-refractivity contribution < 1.29 is 27.5 Å². The van der Waals surface area contributed by atoms with Gasteiger partial charge in [-0.2, -0.15) is 8.78 Å². The number of benzene rings is 2. The van der Waals surface area contributed by atoms with Gasteiger partial charge >= 0.3 is 5.92 Å². The molecule has 0 radical (unpaired) electrons. The number of β-amino-alcohol motifs (C(OH)–C–C–N with tert-alkyl or cyclic N) is 1. The molecule has 4 nitrogen and oxygen atoms in total. The molecule has 1 fully saturated rings. The van der Waals surface area contributed by atoms with Gasteiger partial charge < -0.3 is 14.6 Å². The maximum atomic E-state index is 13.7. The molecule has 4 rings (SSSR count). The molecule has 1 atom stereocenters. The van der Waals surface area contributed by atoms with Crippen molar-refractivity contribution in [2.75, 3.05) is 13.1 Å². The van der Waals surface area contributed by atoms with E-state index in [0.29, 0.717) is 21.8 Å². The molecule has 0 bridgehead atoms. The van der Waals surface area contributed by atoms with Crippen LogP contribution in [0.3, 0.4) is 0 Å². The highest BCUT2D eigenvalue weighted by molar-refractivity contribution is 6.08. The van der Waals surface area contributed by atoms with Gasteiger partial charge in [0, 0.05) is 41.3 Å². The molecule has 3 aromatic rings. The molecule has 1 saturated heterocycles. The summed E-state index contributed by atoms with van der Waals surface area (Å²) in [5.74, 6) is -5.63. The Labute approximate surface area is 158 Å². The quantitative estimate of drug-likeness (QED) is 0.686. The molecule has 1 amide bonds. The van der Waals surface area contributed by atoms with Crippen LogP contribution in [0.2, 0.25) is 0 Å². The Bertz CT molecular complexity index is 1000. The number of hydrogen-bond acceptors (Lipinski definition) is 2. The van der Waals surface area contributed by atoms with Crippen LogP contribution in [-0.4, -0.2) is 45.6 Å². The number of rotatable bonds is 4. The number of hydrogen-bond donors (Lipinski definition) is 1. The van der Waals surface area contributed by atoms with Crippen LogP contribution >= 0.6 is 0 Å². The highest BCUT2D eigenvalue weighted by atomic mass is 19.3. The Morgan fingerprint density at radius 3 is 2.14 bits per heavy atom. The molecule has 0 saturated carbocycles. The Hall–Kier alpha value is -2.61. The number of carbonyl (C=O) groups excluding carboxylic acids is 1. The van der Waals surface area contributed by atoms with E-state index in [1.165, 1.54) is 36.4 Å². The van der Waals surface area contributed by atoms with E-state index in [0.717, 1.165) is 4.90 Å². The second-order valence-corrected chi connectivity index (χ2v) is 7.15. The molecule has 1 aliphatic heterocycles. The van der Waals surface area contributed by atoms with E-state index in [-0.39, 0.29) is 26.1 Å². The molecule has 1 aliphatic rings. The molecular weight excluding hydrogens is 376 g/mol. The predicted molar refractivity (Wildman–Crippen MR) is 96.1 cm³/mol. The largest absolute Gasteiger partial charge is 0.389 e. The zero-order chi connectivity index (χ0) is 20.1. The predicted octanol–water partition coefficient (Wildman–Crippen LogP) is 3.69. The molecule has 1 aromatic heterocycles. The molecule has 0 spiro atoms. The van der Waals surface area contributed by atoms with Gasteiger partial charge in [-0.05, 0) is 42.8 Å². The van der Waals surface area contributed by atoms with Crippen molar-refractivity contribution in [2.45, 2.75) is 31.4 Å². The minimum Gasteiger partial charge on any atom is -0.389 e. The lowest BCUT2D eigenvalue weighted by Gasteiger charge is -2.33. The van der Waals surface area contributed by atoms with E-state index in [2.05, 4.69) is 0 Å². The fourth-order valence-corrected chi connectivity index (χ4v) is 3.87. The zero-order valence-corrected chi connectivity index (χ0v) is 14.8. The Kier molecular flexibility index (Phi) is 4.53. The Balaban J connectivity index is 1.66. The topological polar surface area (TPSA) is 45.5 Å². The van der Waals surface area contributed by atoms with Crippen LogP contribution in [0.1, 0.15) is 12.8 Å². The number of nitrogens with zero attached hydrogens (tertiary/aromatic N) is 2. The zero-order valence-electron chi connectivity index (χ0n) is 14.8. The number of carbonyl (C=O) groups is 1. The second-order valence-electron chi connectivity index (χ2n) is 7.15. The van der Waals surface area contributed by atoms with Gasteiger partial charge in [0.25, 0.3) is 5.91 Å². The average molecular weight is 394 g/mol. The van der Waals surface area contributed by atoms with Crippen molar-refractivity contribution >= 4 is 27.7 Å². The van der Waals surface area contributed by atoms with E-state index in [9.17, 15) is 27.5 Å². The van der Waals surface area contributed by atoms with Gasteiger partial charge in [0.15, 0.2) is 0 Å². The first kappa shape index (κ1) is 18.7. The van der Waals surface area contributed by atoms with Crippen LogP contribution in [0.4, 0.5) is 17.6 Å². The normalized spacial score (nSPS) is 18.2. The smallest absolute Gasteiger partial charge is 0.324 e. The highest BCUT2D eigenvalue weighted by Crippen LogP contribution is 2.31. The molecule has 1 N–H and O–H groups in total. The van der Waals surface area contributed by atoms with Crippen molar-refractivity contribution in [3.8, 4) is 0 Å². The number of amides is 1. The van der Waals surface area contributed by atoms with Gasteiger partial charge in [0.2, 0.25) is 0 Å². The van der Waals surface area contributed by atoms with E-state index >= 15 is 0 Å². The van der Waals surface area contributed by atoms with E-state index in [1.807, 2.05) is 0 Å². The SMILES string of the molecule is O=C1N(CC(O)Cn2c3ccc(F)cc3c3cc(F)ccc32)CCCC1(F)F. The fourth-order valence-electron chi connectivity index (χ4n) is 3.87. The number of piperidine rings is 1. The van der Waals surface area contributed by atoms with Crippen LogP contribution in [0.25, 0.3) is 21.8 Å². The van der Waals surface area contributed by atoms with E-state index < -0.39 is 36.0 Å². The number of aliphatic hydroxyl groups excluding tert-OH is 1. The molecular formula is C20H18F4N2O2. The molecule has 2 aromatic carbocycles. The van der Waals surface area contributed by atoms with Crippen molar-refractivity contribution in [1.29, 1.82) is 0 Å². The van der Waals surface area contributed by atoms with Crippen LogP contribution in [-0.2, 0) is 11.3 Å². The fraction of sp³-hybridized carbons (Fsp3) is 0.350. The van der Waals surface area contributed by atoms with Crippen LogP contribution in [0.15, 0.2) is 36.4 Å². The lowest BCUT2D eigenvalue weighted by atomic mass is 10.1. The van der Waals surface area contributed by atoms with Crippen molar-refractivity contribution in [3.63, 3.8) is 0 Å². The van der Waals surface area contributed by atoms with Gasteiger partial charge in [-0.1, -0.05) is 0 Å². The van der Waals surface area contributed by atoms with Crippen molar-refractivity contribution in [1.82, 2.24) is 9.47 Å². The number of likely N-dealkylation sites (tertiary alicyclic amines) is 1. The Morgan fingerprint density at radius 1 is 1.00 bits per heavy atom. The molecule has 1 unspecified atom stereocenters.